The van der Waals surface area contributed by atoms with Crippen LogP contribution in [-0.2, 0) is 13.0 Å². The van der Waals surface area contributed by atoms with E-state index in [-0.39, 0.29) is 6.61 Å². The Morgan fingerprint density at radius 3 is 2.45 bits per heavy atom. The first kappa shape index (κ1) is 14.8. The van der Waals surface area contributed by atoms with Crippen molar-refractivity contribution in [3.63, 3.8) is 0 Å². The van der Waals surface area contributed by atoms with E-state index in [0.717, 1.165) is 11.6 Å². The highest BCUT2D eigenvalue weighted by Gasteiger charge is 2.09. The average molecular weight is 298 g/mol. The van der Waals surface area contributed by atoms with Crippen LogP contribution in [0.1, 0.15) is 11.1 Å². The molecular weight excluding hydrogens is 284 g/mol. The lowest BCUT2D eigenvalue weighted by atomic mass is 10.1. The Hall–Kier alpha value is -1.65. The number of hydrogen-bond acceptors (Lipinski definition) is 2. The maximum atomic E-state index is 13.1. The van der Waals surface area contributed by atoms with Crippen molar-refractivity contribution >= 4 is 11.6 Å². The molecule has 2 aromatic carbocycles. The maximum Gasteiger partial charge on any atom is 0.141 e. The number of para-hydroxylation sites is 1. The lowest BCUT2D eigenvalue weighted by Gasteiger charge is -2.13. The summed E-state index contributed by atoms with van der Waals surface area (Å²) in [5, 5.41) is 0.452. The minimum atomic E-state index is -0.634. The predicted molar refractivity (Wildman–Crippen MR) is 74.9 cm³/mol. The van der Waals surface area contributed by atoms with Gasteiger partial charge in [-0.3, -0.25) is 0 Å². The summed E-state index contributed by atoms with van der Waals surface area (Å²) >= 11 is 6.08. The van der Waals surface area contributed by atoms with Crippen molar-refractivity contribution < 1.29 is 13.5 Å². The van der Waals surface area contributed by atoms with Gasteiger partial charge in [0, 0.05) is 6.07 Å². The van der Waals surface area contributed by atoms with Gasteiger partial charge in [-0.2, -0.15) is 0 Å². The number of benzene rings is 2. The first-order valence-corrected chi connectivity index (χ1v) is 6.53. The maximum absolute atomic E-state index is 13.1. The third-order valence-electron chi connectivity index (χ3n) is 2.77. The van der Waals surface area contributed by atoms with Crippen molar-refractivity contribution in [1.29, 1.82) is 0 Å². The predicted octanol–water partition coefficient (Wildman–Crippen LogP) is 3.70. The van der Waals surface area contributed by atoms with Gasteiger partial charge in [-0.05, 0) is 42.3 Å². The molecule has 0 saturated carbocycles. The molecule has 0 aromatic heterocycles. The first-order valence-electron chi connectivity index (χ1n) is 6.15. The topological polar surface area (TPSA) is 35.2 Å². The zero-order valence-corrected chi connectivity index (χ0v) is 11.5. The molecule has 2 N–H and O–H groups in total. The molecule has 0 amide bonds. The van der Waals surface area contributed by atoms with E-state index in [1.54, 1.807) is 6.07 Å². The van der Waals surface area contributed by atoms with Crippen LogP contribution in [0.3, 0.4) is 0 Å². The van der Waals surface area contributed by atoms with Crippen LogP contribution in [0.25, 0.3) is 0 Å². The van der Waals surface area contributed by atoms with Crippen molar-refractivity contribution in [3.05, 3.63) is 64.2 Å². The molecule has 0 aliphatic heterocycles. The number of hydrogen-bond donors (Lipinski definition) is 1. The van der Waals surface area contributed by atoms with E-state index in [1.807, 2.05) is 12.1 Å². The minimum absolute atomic E-state index is 0.0377. The molecule has 2 nitrogen and oxygen atoms in total. The number of halogens is 3. The first-order chi connectivity index (χ1) is 9.60. The molecule has 0 bridgehead atoms. The van der Waals surface area contributed by atoms with Gasteiger partial charge in [-0.15, -0.1) is 0 Å². The summed E-state index contributed by atoms with van der Waals surface area (Å²) in [7, 11) is 0. The van der Waals surface area contributed by atoms with Crippen LogP contribution in [-0.4, -0.2) is 6.54 Å². The second-order valence-electron chi connectivity index (χ2n) is 4.33. The Bertz CT molecular complexity index is 584. The van der Waals surface area contributed by atoms with Crippen LogP contribution >= 0.6 is 11.6 Å². The quantitative estimate of drug-likeness (QED) is 0.913. The smallest absolute Gasteiger partial charge is 0.141 e. The fourth-order valence-electron chi connectivity index (χ4n) is 1.92. The molecule has 0 spiro atoms. The lowest BCUT2D eigenvalue weighted by Crippen LogP contribution is -2.06. The summed E-state index contributed by atoms with van der Waals surface area (Å²) in [6, 6.07) is 8.63. The fraction of sp³-hybridized carbons (Fsp3) is 0.200. The van der Waals surface area contributed by atoms with Crippen LogP contribution < -0.4 is 10.5 Å². The van der Waals surface area contributed by atoms with E-state index in [0.29, 0.717) is 29.3 Å². The third-order valence-corrected chi connectivity index (χ3v) is 3.07. The summed E-state index contributed by atoms with van der Waals surface area (Å²) in [4.78, 5) is 0. The highest BCUT2D eigenvalue weighted by atomic mass is 35.5. The number of ether oxygens (including phenoxy) is 1. The van der Waals surface area contributed by atoms with Crippen molar-refractivity contribution in [2.45, 2.75) is 13.0 Å². The number of nitrogens with two attached hydrogens (primary N) is 1. The molecule has 0 atom stereocenters. The van der Waals surface area contributed by atoms with Gasteiger partial charge in [0.2, 0.25) is 0 Å². The van der Waals surface area contributed by atoms with Gasteiger partial charge in [-0.1, -0.05) is 23.7 Å². The molecular formula is C15H14ClF2NO. The van der Waals surface area contributed by atoms with E-state index in [4.69, 9.17) is 22.1 Å². The van der Waals surface area contributed by atoms with Gasteiger partial charge in [-0.25, -0.2) is 8.78 Å². The largest absolute Gasteiger partial charge is 0.487 e. The molecule has 5 heteroatoms. The van der Waals surface area contributed by atoms with Crippen molar-refractivity contribution in [3.8, 4) is 5.75 Å². The fourth-order valence-corrected chi connectivity index (χ4v) is 2.17. The zero-order chi connectivity index (χ0) is 14.5. The minimum Gasteiger partial charge on any atom is -0.487 e. The van der Waals surface area contributed by atoms with Crippen molar-refractivity contribution in [2.75, 3.05) is 6.54 Å². The molecule has 0 unspecified atom stereocenters. The van der Waals surface area contributed by atoms with Gasteiger partial charge in [0.1, 0.15) is 24.0 Å². The number of rotatable bonds is 5. The van der Waals surface area contributed by atoms with E-state index in [2.05, 4.69) is 0 Å². The Kier molecular flexibility index (Phi) is 4.93. The van der Waals surface area contributed by atoms with E-state index in [1.165, 1.54) is 12.1 Å². The summed E-state index contributed by atoms with van der Waals surface area (Å²) in [6.07, 6.45) is 0.618. The van der Waals surface area contributed by atoms with Crippen LogP contribution in [0, 0.1) is 11.6 Å². The molecule has 0 aliphatic carbocycles. The standard InChI is InChI=1S/C15H14ClF2NO/c16-14-3-1-2-11(4-5-19)15(14)20-9-10-6-12(17)8-13(18)7-10/h1-3,6-8H,4-5,9,19H2. The molecule has 20 heavy (non-hydrogen) atoms. The Labute approximate surface area is 121 Å². The normalized spacial score (nSPS) is 10.6. The molecule has 0 radical (unpaired) electrons. The van der Waals surface area contributed by atoms with Crippen molar-refractivity contribution in [1.82, 2.24) is 0 Å². The second kappa shape index (κ2) is 6.68. The van der Waals surface area contributed by atoms with E-state index >= 15 is 0 Å². The van der Waals surface area contributed by atoms with E-state index in [9.17, 15) is 8.78 Å². The van der Waals surface area contributed by atoms with Crippen LogP contribution in [0.15, 0.2) is 36.4 Å². The summed E-state index contributed by atoms with van der Waals surface area (Å²) in [5.74, 6) is -0.765. The highest BCUT2D eigenvalue weighted by molar-refractivity contribution is 6.32. The molecule has 0 saturated heterocycles. The van der Waals surface area contributed by atoms with E-state index < -0.39 is 11.6 Å². The SMILES string of the molecule is NCCc1cccc(Cl)c1OCc1cc(F)cc(F)c1. The Morgan fingerprint density at radius 1 is 1.10 bits per heavy atom. The summed E-state index contributed by atoms with van der Waals surface area (Å²) in [6.45, 7) is 0.501. The van der Waals surface area contributed by atoms with Gasteiger partial charge < -0.3 is 10.5 Å². The second-order valence-corrected chi connectivity index (χ2v) is 4.74. The van der Waals surface area contributed by atoms with Gasteiger partial charge in [0.05, 0.1) is 5.02 Å². The van der Waals surface area contributed by atoms with Crippen LogP contribution in [0.4, 0.5) is 8.78 Å². The Balaban J connectivity index is 2.18. The van der Waals surface area contributed by atoms with Crippen LogP contribution in [0.5, 0.6) is 5.75 Å². The lowest BCUT2D eigenvalue weighted by molar-refractivity contribution is 0.302. The molecule has 0 heterocycles. The summed E-state index contributed by atoms with van der Waals surface area (Å²) < 4.78 is 31.8. The average Bonchev–Trinajstić information content (AvgIpc) is 2.37. The molecule has 0 aliphatic rings. The van der Waals surface area contributed by atoms with Gasteiger partial charge in [0.15, 0.2) is 0 Å². The molecule has 2 rings (SSSR count). The third kappa shape index (κ3) is 3.68. The van der Waals surface area contributed by atoms with Crippen molar-refractivity contribution in [2.24, 2.45) is 5.73 Å². The zero-order valence-electron chi connectivity index (χ0n) is 10.7. The monoisotopic (exact) mass is 297 g/mol. The highest BCUT2D eigenvalue weighted by Crippen LogP contribution is 2.29. The van der Waals surface area contributed by atoms with Gasteiger partial charge in [0.25, 0.3) is 0 Å². The van der Waals surface area contributed by atoms with Gasteiger partial charge >= 0.3 is 0 Å². The Morgan fingerprint density at radius 2 is 1.80 bits per heavy atom. The summed E-state index contributed by atoms with van der Waals surface area (Å²) in [5.41, 5.74) is 6.80. The molecule has 0 fully saturated rings. The molecule has 2 aromatic rings. The van der Waals surface area contributed by atoms with Crippen LogP contribution in [0.2, 0.25) is 5.02 Å². The molecule has 106 valence electrons.